The van der Waals surface area contributed by atoms with Crippen LogP contribution in [0.4, 0.5) is 11.4 Å². The van der Waals surface area contributed by atoms with Crippen LogP contribution >= 0.6 is 11.6 Å². The summed E-state index contributed by atoms with van der Waals surface area (Å²) in [5.74, 6) is -0.330. The third-order valence-electron chi connectivity index (χ3n) is 3.62. The number of aromatic nitrogens is 1. The van der Waals surface area contributed by atoms with Crippen molar-refractivity contribution in [3.63, 3.8) is 0 Å². The maximum atomic E-state index is 12.4. The number of pyridine rings is 1. The van der Waals surface area contributed by atoms with E-state index in [9.17, 15) is 9.59 Å². The second kappa shape index (κ2) is 6.85. The van der Waals surface area contributed by atoms with Crippen molar-refractivity contribution < 1.29 is 9.53 Å². The normalized spacial score (nSPS) is 14.6. The zero-order valence-corrected chi connectivity index (χ0v) is 13.1. The molecule has 2 heterocycles. The molecule has 1 aromatic heterocycles. The molecule has 2 N–H and O–H groups in total. The van der Waals surface area contributed by atoms with Gasteiger partial charge in [-0.25, -0.2) is 0 Å². The van der Waals surface area contributed by atoms with Crippen LogP contribution in [0.5, 0.6) is 0 Å². The summed E-state index contributed by atoms with van der Waals surface area (Å²) in [5.41, 5.74) is 1.53. The van der Waals surface area contributed by atoms with E-state index in [1.807, 2.05) is 24.3 Å². The van der Waals surface area contributed by atoms with Crippen LogP contribution in [0.1, 0.15) is 10.4 Å². The molecular weight excluding hydrogens is 318 g/mol. The van der Waals surface area contributed by atoms with Gasteiger partial charge in [-0.05, 0) is 18.2 Å². The minimum Gasteiger partial charge on any atom is -0.378 e. The van der Waals surface area contributed by atoms with Crippen LogP contribution in [0.25, 0.3) is 0 Å². The summed E-state index contributed by atoms with van der Waals surface area (Å²) >= 11 is 5.77. The second-order valence-corrected chi connectivity index (χ2v) is 5.54. The molecule has 1 fully saturated rings. The number of hydrogen-bond donors (Lipinski definition) is 2. The number of halogens is 1. The third-order valence-corrected chi connectivity index (χ3v) is 3.90. The van der Waals surface area contributed by atoms with E-state index in [-0.39, 0.29) is 10.9 Å². The molecule has 0 unspecified atom stereocenters. The number of anilines is 2. The van der Waals surface area contributed by atoms with Gasteiger partial charge in [0, 0.05) is 19.3 Å². The van der Waals surface area contributed by atoms with Crippen molar-refractivity contribution in [3.8, 4) is 0 Å². The number of nitrogens with zero attached hydrogens (tertiary/aromatic N) is 1. The van der Waals surface area contributed by atoms with Crippen molar-refractivity contribution in [1.82, 2.24) is 4.98 Å². The Bertz CT molecular complexity index is 769. The van der Waals surface area contributed by atoms with Crippen LogP contribution in [0, 0.1) is 0 Å². The number of carbonyl (C=O) groups excluding carboxylic acids is 1. The largest absolute Gasteiger partial charge is 0.378 e. The van der Waals surface area contributed by atoms with Gasteiger partial charge in [0.25, 0.3) is 11.5 Å². The van der Waals surface area contributed by atoms with Gasteiger partial charge in [0.15, 0.2) is 0 Å². The van der Waals surface area contributed by atoms with Crippen LogP contribution in [0.2, 0.25) is 5.02 Å². The minimum absolute atomic E-state index is 0.0147. The quantitative estimate of drug-likeness (QED) is 0.902. The number of benzene rings is 1. The molecule has 1 amide bonds. The third kappa shape index (κ3) is 3.55. The summed E-state index contributed by atoms with van der Waals surface area (Å²) in [7, 11) is 0. The molecular formula is C16H16ClN3O3. The number of aromatic amines is 1. The molecule has 0 bridgehead atoms. The summed E-state index contributed by atoms with van der Waals surface area (Å²) in [5, 5.41) is 2.85. The predicted octanol–water partition coefficient (Wildman–Crippen LogP) is 2.12. The van der Waals surface area contributed by atoms with E-state index in [2.05, 4.69) is 15.2 Å². The molecule has 2 aromatic rings. The Morgan fingerprint density at radius 1 is 1.26 bits per heavy atom. The van der Waals surface area contributed by atoms with E-state index in [1.165, 1.54) is 12.3 Å². The van der Waals surface area contributed by atoms with Crippen LogP contribution in [-0.2, 0) is 4.74 Å². The number of morpholine rings is 1. The highest BCUT2D eigenvalue weighted by atomic mass is 35.5. The second-order valence-electron chi connectivity index (χ2n) is 5.14. The van der Waals surface area contributed by atoms with Gasteiger partial charge < -0.3 is 19.9 Å². The van der Waals surface area contributed by atoms with Crippen molar-refractivity contribution in [2.24, 2.45) is 0 Å². The van der Waals surface area contributed by atoms with E-state index in [0.29, 0.717) is 24.5 Å². The highest BCUT2D eigenvalue weighted by molar-refractivity contribution is 6.30. The maximum absolute atomic E-state index is 12.4. The molecule has 120 valence electrons. The van der Waals surface area contributed by atoms with E-state index >= 15 is 0 Å². The molecule has 1 aliphatic rings. The lowest BCUT2D eigenvalue weighted by Gasteiger charge is -2.30. The molecule has 0 spiro atoms. The fraction of sp³-hybridized carbons (Fsp3) is 0.250. The number of nitrogens with one attached hydrogen (secondary N) is 2. The highest BCUT2D eigenvalue weighted by Crippen LogP contribution is 2.26. The summed E-state index contributed by atoms with van der Waals surface area (Å²) in [4.78, 5) is 28.3. The maximum Gasteiger partial charge on any atom is 0.266 e. The van der Waals surface area contributed by atoms with Crippen molar-refractivity contribution in [2.75, 3.05) is 36.5 Å². The number of amides is 1. The summed E-state index contributed by atoms with van der Waals surface area (Å²) < 4.78 is 5.36. The lowest BCUT2D eigenvalue weighted by Crippen LogP contribution is -2.36. The van der Waals surface area contributed by atoms with E-state index < -0.39 is 5.56 Å². The van der Waals surface area contributed by atoms with Crippen LogP contribution in [-0.4, -0.2) is 37.2 Å². The number of carbonyl (C=O) groups is 1. The van der Waals surface area contributed by atoms with Gasteiger partial charge >= 0.3 is 0 Å². The average molecular weight is 334 g/mol. The van der Waals surface area contributed by atoms with Crippen molar-refractivity contribution in [2.45, 2.75) is 0 Å². The Balaban J connectivity index is 1.83. The first-order chi connectivity index (χ1) is 11.1. The topological polar surface area (TPSA) is 74.4 Å². The van der Waals surface area contributed by atoms with Gasteiger partial charge in [0.05, 0.1) is 30.2 Å². The monoisotopic (exact) mass is 333 g/mol. The van der Waals surface area contributed by atoms with Gasteiger partial charge in [0.2, 0.25) is 0 Å². The highest BCUT2D eigenvalue weighted by Gasteiger charge is 2.16. The number of ether oxygens (including phenoxy) is 1. The van der Waals surface area contributed by atoms with Gasteiger partial charge in [-0.15, -0.1) is 0 Å². The Morgan fingerprint density at radius 2 is 2.00 bits per heavy atom. The molecule has 1 aromatic carbocycles. The molecule has 0 radical (unpaired) electrons. The van der Waals surface area contributed by atoms with Crippen LogP contribution in [0.3, 0.4) is 0 Å². The van der Waals surface area contributed by atoms with Crippen LogP contribution < -0.4 is 15.8 Å². The minimum atomic E-state index is -0.420. The SMILES string of the molecule is O=C(Nc1ccccc1N1CCOCC1)c1c[nH]c(=O)c(Cl)c1. The fourth-order valence-electron chi connectivity index (χ4n) is 2.44. The number of para-hydroxylation sites is 2. The number of rotatable bonds is 3. The predicted molar refractivity (Wildman–Crippen MR) is 89.5 cm³/mol. The number of H-pyrrole nitrogens is 1. The Labute approximate surface area is 138 Å². The Morgan fingerprint density at radius 3 is 2.74 bits per heavy atom. The molecule has 0 saturated carbocycles. The molecule has 7 heteroatoms. The van der Waals surface area contributed by atoms with E-state index in [1.54, 1.807) is 0 Å². The summed E-state index contributed by atoms with van der Waals surface area (Å²) in [6, 6.07) is 8.95. The average Bonchev–Trinajstić information content (AvgIpc) is 2.58. The molecule has 1 saturated heterocycles. The summed E-state index contributed by atoms with van der Waals surface area (Å²) in [6.45, 7) is 2.88. The van der Waals surface area contributed by atoms with Gasteiger partial charge in [0.1, 0.15) is 5.02 Å². The van der Waals surface area contributed by atoms with Crippen molar-refractivity contribution in [1.29, 1.82) is 0 Å². The fourth-order valence-corrected chi connectivity index (χ4v) is 2.61. The van der Waals surface area contributed by atoms with E-state index in [0.717, 1.165) is 18.8 Å². The lowest BCUT2D eigenvalue weighted by atomic mass is 10.2. The van der Waals surface area contributed by atoms with E-state index in [4.69, 9.17) is 16.3 Å². The molecule has 6 nitrogen and oxygen atoms in total. The molecule has 23 heavy (non-hydrogen) atoms. The molecule has 3 rings (SSSR count). The first-order valence-electron chi connectivity index (χ1n) is 7.26. The molecule has 0 aliphatic carbocycles. The standard InChI is InChI=1S/C16H16ClN3O3/c17-12-9-11(10-18-16(12)22)15(21)19-13-3-1-2-4-14(13)20-5-7-23-8-6-20/h1-4,9-10H,5-8H2,(H,18,22)(H,19,21). The Kier molecular flexibility index (Phi) is 4.64. The molecule has 1 aliphatic heterocycles. The first kappa shape index (κ1) is 15.6. The smallest absolute Gasteiger partial charge is 0.266 e. The van der Waals surface area contributed by atoms with Crippen LogP contribution in [0.15, 0.2) is 41.3 Å². The molecule has 0 atom stereocenters. The van der Waals surface area contributed by atoms with Gasteiger partial charge in [-0.2, -0.15) is 0 Å². The van der Waals surface area contributed by atoms with Gasteiger partial charge in [-0.3, -0.25) is 9.59 Å². The van der Waals surface area contributed by atoms with Gasteiger partial charge in [-0.1, -0.05) is 23.7 Å². The van der Waals surface area contributed by atoms with Crippen molar-refractivity contribution in [3.05, 3.63) is 57.5 Å². The zero-order valence-electron chi connectivity index (χ0n) is 12.3. The lowest BCUT2D eigenvalue weighted by molar-refractivity contribution is 0.102. The summed E-state index contributed by atoms with van der Waals surface area (Å²) in [6.07, 6.45) is 1.35. The zero-order chi connectivity index (χ0) is 16.2. The first-order valence-corrected chi connectivity index (χ1v) is 7.64. The van der Waals surface area contributed by atoms with Crippen molar-refractivity contribution >= 4 is 28.9 Å². The number of hydrogen-bond acceptors (Lipinski definition) is 4. The Hall–Kier alpha value is -2.31.